The average molecular weight is 245 g/mol. The molecule has 1 aliphatic rings. The summed E-state index contributed by atoms with van der Waals surface area (Å²) in [6.07, 6.45) is 7.21. The molecule has 1 saturated carbocycles. The van der Waals surface area contributed by atoms with Crippen LogP contribution in [-0.4, -0.2) is 16.9 Å². The SMILES string of the molecule is CC1([As])CCCCC1.Cl.Cl. The topological polar surface area (TPSA) is 0 Å². The standard InChI is InChI=1S/C7H13As.2ClH/c1-7(8)5-3-2-4-6-7;;/h2-6H2,1H3;2*1H. The van der Waals surface area contributed by atoms with E-state index in [1.807, 2.05) is 0 Å². The van der Waals surface area contributed by atoms with Crippen molar-refractivity contribution < 1.29 is 0 Å². The molecule has 0 amide bonds. The molecule has 10 heavy (non-hydrogen) atoms. The summed E-state index contributed by atoms with van der Waals surface area (Å²) >= 11 is 2.82. The molecule has 0 unspecified atom stereocenters. The summed E-state index contributed by atoms with van der Waals surface area (Å²) in [4.78, 5) is 0. The molecule has 0 aromatic carbocycles. The van der Waals surface area contributed by atoms with Crippen LogP contribution in [0.15, 0.2) is 0 Å². The van der Waals surface area contributed by atoms with E-state index in [0.717, 1.165) is 0 Å². The van der Waals surface area contributed by atoms with E-state index in [0.29, 0.717) is 4.20 Å². The van der Waals surface area contributed by atoms with Gasteiger partial charge in [-0.2, -0.15) is 0 Å². The average Bonchev–Trinajstić information content (AvgIpc) is 1.65. The first-order valence-corrected chi connectivity index (χ1v) is 4.37. The molecule has 0 aromatic heterocycles. The van der Waals surface area contributed by atoms with Crippen molar-refractivity contribution in [1.29, 1.82) is 0 Å². The molecule has 1 aliphatic carbocycles. The fourth-order valence-corrected chi connectivity index (χ4v) is 1.98. The first-order valence-electron chi connectivity index (χ1n) is 3.43. The van der Waals surface area contributed by atoms with Crippen molar-refractivity contribution in [2.24, 2.45) is 0 Å². The maximum Gasteiger partial charge on any atom is -0.147 e. The van der Waals surface area contributed by atoms with Crippen molar-refractivity contribution in [2.75, 3.05) is 0 Å². The Hall–Kier alpha value is 1.14. The summed E-state index contributed by atoms with van der Waals surface area (Å²) in [6.45, 7) is 2.35. The second-order valence-electron chi connectivity index (χ2n) is 3.06. The largest absolute Gasteiger partial charge is 0.147 e. The van der Waals surface area contributed by atoms with Crippen LogP contribution in [0.25, 0.3) is 0 Å². The Bertz CT molecular complexity index is 75.7. The van der Waals surface area contributed by atoms with Crippen LogP contribution in [0.2, 0.25) is 4.20 Å². The summed E-state index contributed by atoms with van der Waals surface area (Å²) in [6, 6.07) is 0. The van der Waals surface area contributed by atoms with E-state index in [1.165, 1.54) is 32.1 Å². The van der Waals surface area contributed by atoms with Gasteiger partial charge >= 0.3 is 60.1 Å². The summed E-state index contributed by atoms with van der Waals surface area (Å²) in [5.74, 6) is 0. The van der Waals surface area contributed by atoms with Crippen molar-refractivity contribution in [3.05, 3.63) is 0 Å². The summed E-state index contributed by atoms with van der Waals surface area (Å²) in [5, 5.41) is 0. The Kier molecular flexibility index (Phi) is 7.88. The van der Waals surface area contributed by atoms with Crippen molar-refractivity contribution in [1.82, 2.24) is 0 Å². The molecule has 0 saturated heterocycles. The smallest absolute Gasteiger partial charge is 0.147 e. The van der Waals surface area contributed by atoms with Crippen molar-refractivity contribution in [2.45, 2.75) is 43.2 Å². The van der Waals surface area contributed by atoms with Gasteiger partial charge in [-0.1, -0.05) is 0 Å². The van der Waals surface area contributed by atoms with Gasteiger partial charge in [0.05, 0.1) is 0 Å². The number of hydrogen-bond acceptors (Lipinski definition) is 0. The van der Waals surface area contributed by atoms with Gasteiger partial charge in [-0.05, 0) is 0 Å². The van der Waals surface area contributed by atoms with Gasteiger partial charge in [0.15, 0.2) is 0 Å². The molecule has 2 radical (unpaired) electrons. The number of halogens is 2. The normalized spacial score (nSPS) is 22.2. The van der Waals surface area contributed by atoms with Crippen LogP contribution in [0, 0.1) is 0 Å². The Morgan fingerprint density at radius 1 is 1.00 bits per heavy atom. The molecule has 0 nitrogen and oxygen atoms in total. The summed E-state index contributed by atoms with van der Waals surface area (Å²) < 4.78 is 0.616. The Balaban J connectivity index is 0. The molecule has 3 heteroatoms. The third kappa shape index (κ3) is 4.88. The zero-order valence-corrected chi connectivity index (χ0v) is 9.81. The van der Waals surface area contributed by atoms with Crippen LogP contribution in [-0.2, 0) is 0 Å². The van der Waals surface area contributed by atoms with Gasteiger partial charge in [0.2, 0.25) is 0 Å². The van der Waals surface area contributed by atoms with Crippen LogP contribution < -0.4 is 0 Å². The molecule has 0 aromatic rings. The van der Waals surface area contributed by atoms with Gasteiger partial charge in [0.25, 0.3) is 0 Å². The molecule has 0 N–H and O–H groups in total. The van der Waals surface area contributed by atoms with Crippen molar-refractivity contribution >= 4 is 41.7 Å². The monoisotopic (exact) mass is 244 g/mol. The third-order valence-electron chi connectivity index (χ3n) is 1.93. The van der Waals surface area contributed by atoms with Crippen molar-refractivity contribution in [3.8, 4) is 0 Å². The van der Waals surface area contributed by atoms with Gasteiger partial charge in [-0.25, -0.2) is 0 Å². The number of hydrogen-bond donors (Lipinski definition) is 0. The second kappa shape index (κ2) is 5.75. The van der Waals surface area contributed by atoms with Gasteiger partial charge < -0.3 is 0 Å². The maximum absolute atomic E-state index is 2.82. The van der Waals surface area contributed by atoms with Crippen LogP contribution in [0.3, 0.4) is 0 Å². The molecule has 1 rings (SSSR count). The zero-order chi connectivity index (χ0) is 6.04. The molecule has 0 bridgehead atoms. The molecule has 0 aliphatic heterocycles. The molecule has 0 spiro atoms. The molecule has 0 atom stereocenters. The predicted octanol–water partition coefficient (Wildman–Crippen LogP) is 3.14. The maximum atomic E-state index is 2.82. The van der Waals surface area contributed by atoms with Crippen LogP contribution in [0.5, 0.6) is 0 Å². The van der Waals surface area contributed by atoms with Gasteiger partial charge in [-0.3, -0.25) is 0 Å². The fraction of sp³-hybridized carbons (Fsp3) is 1.00. The van der Waals surface area contributed by atoms with Crippen LogP contribution >= 0.6 is 24.8 Å². The van der Waals surface area contributed by atoms with E-state index in [9.17, 15) is 0 Å². The van der Waals surface area contributed by atoms with E-state index in [1.54, 1.807) is 0 Å². The first kappa shape index (κ1) is 13.7. The Morgan fingerprint density at radius 2 is 1.40 bits per heavy atom. The van der Waals surface area contributed by atoms with E-state index in [-0.39, 0.29) is 24.8 Å². The first-order chi connectivity index (χ1) is 3.71. The van der Waals surface area contributed by atoms with Crippen LogP contribution in [0.1, 0.15) is 39.0 Å². The summed E-state index contributed by atoms with van der Waals surface area (Å²) in [5.41, 5.74) is 0. The molecular weight excluding hydrogens is 230 g/mol. The quantitative estimate of drug-likeness (QED) is 0.575. The Morgan fingerprint density at radius 3 is 1.60 bits per heavy atom. The number of rotatable bonds is 0. The van der Waals surface area contributed by atoms with Gasteiger partial charge in [-0.15, -0.1) is 24.8 Å². The second-order valence-corrected chi connectivity index (χ2v) is 5.32. The minimum atomic E-state index is 0. The molecular formula is C7H15AsCl2. The molecule has 0 heterocycles. The van der Waals surface area contributed by atoms with Gasteiger partial charge in [0, 0.05) is 0 Å². The Labute approximate surface area is 84.8 Å². The third-order valence-corrected chi connectivity index (χ3v) is 2.87. The fourth-order valence-electron chi connectivity index (χ4n) is 1.31. The summed E-state index contributed by atoms with van der Waals surface area (Å²) in [7, 11) is 0. The van der Waals surface area contributed by atoms with E-state index >= 15 is 0 Å². The van der Waals surface area contributed by atoms with E-state index in [2.05, 4.69) is 23.8 Å². The molecule has 62 valence electrons. The minimum absolute atomic E-state index is 0. The van der Waals surface area contributed by atoms with Crippen molar-refractivity contribution in [3.63, 3.8) is 0 Å². The molecule has 1 fully saturated rings. The predicted molar refractivity (Wildman–Crippen MR) is 51.7 cm³/mol. The van der Waals surface area contributed by atoms with E-state index in [4.69, 9.17) is 0 Å². The van der Waals surface area contributed by atoms with Gasteiger partial charge in [0.1, 0.15) is 0 Å². The van der Waals surface area contributed by atoms with Crippen LogP contribution in [0.4, 0.5) is 0 Å². The zero-order valence-electron chi connectivity index (χ0n) is 6.30. The van der Waals surface area contributed by atoms with E-state index < -0.39 is 0 Å². The minimum Gasteiger partial charge on any atom is -0.147 e.